The van der Waals surface area contributed by atoms with Gasteiger partial charge in [0.05, 0.1) is 15.7 Å². The van der Waals surface area contributed by atoms with Gasteiger partial charge < -0.3 is 19.6 Å². The lowest BCUT2D eigenvalue weighted by Crippen LogP contribution is -2.32. The van der Waals surface area contributed by atoms with Gasteiger partial charge in [0.2, 0.25) is 0 Å². The van der Waals surface area contributed by atoms with E-state index in [-0.39, 0.29) is 28.4 Å². The molecule has 30 heavy (non-hydrogen) atoms. The topological polar surface area (TPSA) is 141 Å². The molecule has 2 aliphatic rings. The Labute approximate surface area is 170 Å². The van der Waals surface area contributed by atoms with Crippen molar-refractivity contribution in [2.45, 2.75) is 23.0 Å². The molecule has 0 amide bonds. The van der Waals surface area contributed by atoms with Gasteiger partial charge in [0.15, 0.2) is 21.3 Å². The molecule has 2 aromatic carbocycles. The van der Waals surface area contributed by atoms with E-state index in [1.54, 1.807) is 30.3 Å². The number of pyridine rings is 1. The van der Waals surface area contributed by atoms with Gasteiger partial charge in [-0.25, -0.2) is 8.42 Å². The number of nitrogens with zero attached hydrogens (tertiary/aromatic N) is 3. The Morgan fingerprint density at radius 2 is 1.97 bits per heavy atom. The number of carbonyl (C=O) groups is 1. The number of hydrogen-bond acceptors (Lipinski definition) is 8. The Hall–Kier alpha value is -3.53. The van der Waals surface area contributed by atoms with Gasteiger partial charge in [0.25, 0.3) is 5.56 Å². The Bertz CT molecular complexity index is 1390. The predicted octanol–water partition coefficient (Wildman–Crippen LogP) is 1.50. The normalized spacial score (nSPS) is 17.4. The van der Waals surface area contributed by atoms with Crippen molar-refractivity contribution in [2.24, 2.45) is 17.3 Å². The lowest BCUT2D eigenvalue weighted by atomic mass is 10.1. The van der Waals surface area contributed by atoms with E-state index in [4.69, 9.17) is 0 Å². The maximum absolute atomic E-state index is 12.9. The molecule has 2 aliphatic heterocycles. The molecule has 3 heterocycles. The highest BCUT2D eigenvalue weighted by Gasteiger charge is 2.33. The molecule has 0 fully saturated rings. The highest BCUT2D eigenvalue weighted by molar-refractivity contribution is 7.92. The van der Waals surface area contributed by atoms with Gasteiger partial charge in [-0.15, -0.1) is 10.2 Å². The van der Waals surface area contributed by atoms with Crippen molar-refractivity contribution in [1.82, 2.24) is 4.57 Å². The van der Waals surface area contributed by atoms with Crippen LogP contribution in [-0.4, -0.2) is 29.3 Å². The molecule has 1 N–H and O–H groups in total. The number of carboxylic acids is 1. The molecule has 3 aromatic rings. The quantitative estimate of drug-likeness (QED) is 0.627. The van der Waals surface area contributed by atoms with Gasteiger partial charge in [0.1, 0.15) is 5.69 Å². The van der Waals surface area contributed by atoms with Crippen molar-refractivity contribution in [3.05, 3.63) is 58.4 Å². The fourth-order valence-corrected chi connectivity index (χ4v) is 5.36. The molecule has 0 saturated heterocycles. The number of carbonyl (C=O) groups excluding carboxylic acids is 1. The van der Waals surface area contributed by atoms with Crippen molar-refractivity contribution in [3.63, 3.8) is 0 Å². The molecule has 1 unspecified atom stereocenters. The third-order valence-electron chi connectivity index (χ3n) is 5.14. The number of fused-ring (bicyclic) bond motifs is 5. The van der Waals surface area contributed by atoms with E-state index < -0.39 is 33.0 Å². The summed E-state index contributed by atoms with van der Waals surface area (Å²) in [5, 5.41) is 28.5. The van der Waals surface area contributed by atoms with E-state index in [2.05, 4.69) is 10.2 Å². The first-order chi connectivity index (χ1) is 14.2. The van der Waals surface area contributed by atoms with Gasteiger partial charge in [-0.05, 0) is 36.2 Å². The minimum Gasteiger partial charge on any atom is -0.550 e. The highest BCUT2D eigenvalue weighted by Crippen LogP contribution is 2.37. The molecule has 0 spiro atoms. The van der Waals surface area contributed by atoms with E-state index in [1.165, 1.54) is 23.7 Å². The number of aromatic nitrogens is 1. The molecule has 154 valence electrons. The van der Waals surface area contributed by atoms with E-state index in [1.807, 2.05) is 0 Å². The molecule has 1 aromatic heterocycles. The third kappa shape index (κ3) is 3.14. The smallest absolute Gasteiger partial charge is 0.282 e. The Morgan fingerprint density at radius 1 is 1.23 bits per heavy atom. The van der Waals surface area contributed by atoms with Gasteiger partial charge >= 0.3 is 0 Å². The standard InChI is InChI=1S/C20H17N3O6S/c1-23-15-5-3-2-4-13(15)19(26)18(20(23)27)22-21-14-9-11-6-7-16(14)30(28,29)12(8-11)10-17(24)25/h2-7,9,12,26H,8,10H2,1H3,(H,24,25)/p-1. The summed E-state index contributed by atoms with van der Waals surface area (Å²) in [5.41, 5.74) is 0.126. The minimum atomic E-state index is -4.00. The molecular weight excluding hydrogens is 410 g/mol. The number of benzene rings is 2. The third-order valence-corrected chi connectivity index (χ3v) is 7.31. The molecule has 10 heteroatoms. The number of carboxylic acid groups (broad SMARTS) is 1. The van der Waals surface area contributed by atoms with Gasteiger partial charge in [0, 0.05) is 24.8 Å². The van der Waals surface area contributed by atoms with Crippen LogP contribution in [0.4, 0.5) is 11.4 Å². The highest BCUT2D eigenvalue weighted by atomic mass is 32.2. The Balaban J connectivity index is 1.84. The monoisotopic (exact) mass is 426 g/mol. The van der Waals surface area contributed by atoms with Crippen molar-refractivity contribution < 1.29 is 23.4 Å². The van der Waals surface area contributed by atoms with Crippen LogP contribution in [0.1, 0.15) is 12.0 Å². The summed E-state index contributed by atoms with van der Waals surface area (Å²) in [4.78, 5) is 23.4. The van der Waals surface area contributed by atoms with Crippen LogP contribution in [-0.2, 0) is 28.1 Å². The first kappa shape index (κ1) is 19.8. The number of azo groups is 1. The van der Waals surface area contributed by atoms with Crippen molar-refractivity contribution in [3.8, 4) is 5.75 Å². The minimum absolute atomic E-state index is 0.00166. The van der Waals surface area contributed by atoms with Crippen molar-refractivity contribution >= 4 is 38.1 Å². The van der Waals surface area contributed by atoms with Crippen LogP contribution in [0.5, 0.6) is 5.75 Å². The molecule has 2 bridgehead atoms. The molecular formula is C20H16N3O6S-. The summed E-state index contributed by atoms with van der Waals surface area (Å²) in [7, 11) is -2.47. The number of para-hydroxylation sites is 1. The number of sulfone groups is 1. The number of aliphatic carboxylic acids is 1. The lowest BCUT2D eigenvalue weighted by Gasteiger charge is -2.14. The van der Waals surface area contributed by atoms with E-state index in [0.29, 0.717) is 16.5 Å². The number of aromatic hydroxyl groups is 1. The second-order valence-corrected chi connectivity index (χ2v) is 9.22. The zero-order chi connectivity index (χ0) is 21.6. The first-order valence-electron chi connectivity index (χ1n) is 8.99. The SMILES string of the molecule is Cn1c(=O)c(N=Nc2cc3ccc2S(=O)(=O)C(CC(=O)[O-])C3)c(O)c2ccccc21. The van der Waals surface area contributed by atoms with Crippen LogP contribution in [0.3, 0.4) is 0 Å². The van der Waals surface area contributed by atoms with E-state index in [9.17, 15) is 28.2 Å². The zero-order valence-corrected chi connectivity index (χ0v) is 16.6. The maximum atomic E-state index is 12.9. The van der Waals surface area contributed by atoms with Crippen molar-refractivity contribution in [1.29, 1.82) is 0 Å². The molecule has 0 aliphatic carbocycles. The summed E-state index contributed by atoms with van der Waals surface area (Å²) < 4.78 is 27.0. The van der Waals surface area contributed by atoms with Crippen molar-refractivity contribution in [2.75, 3.05) is 0 Å². The molecule has 9 nitrogen and oxygen atoms in total. The average Bonchev–Trinajstić information content (AvgIpc) is 2.88. The molecule has 0 saturated carbocycles. The van der Waals surface area contributed by atoms with E-state index in [0.717, 1.165) is 0 Å². The summed E-state index contributed by atoms with van der Waals surface area (Å²) in [6, 6.07) is 11.1. The van der Waals surface area contributed by atoms with Crippen LogP contribution in [0.15, 0.2) is 62.4 Å². The average molecular weight is 426 g/mol. The fraction of sp³-hybridized carbons (Fsp3) is 0.200. The zero-order valence-electron chi connectivity index (χ0n) is 15.8. The first-order valence-corrected chi connectivity index (χ1v) is 10.5. The summed E-state index contributed by atoms with van der Waals surface area (Å²) >= 11 is 0. The fourth-order valence-electron chi connectivity index (χ4n) is 3.59. The van der Waals surface area contributed by atoms with Crippen LogP contribution >= 0.6 is 0 Å². The van der Waals surface area contributed by atoms with Crippen LogP contribution in [0, 0.1) is 0 Å². The summed E-state index contributed by atoms with van der Waals surface area (Å²) in [6.45, 7) is 0. The van der Waals surface area contributed by atoms with Crippen LogP contribution in [0.2, 0.25) is 0 Å². The van der Waals surface area contributed by atoms with Crippen LogP contribution in [0.25, 0.3) is 10.9 Å². The van der Waals surface area contributed by atoms with Gasteiger partial charge in [-0.1, -0.05) is 18.2 Å². The predicted molar refractivity (Wildman–Crippen MR) is 106 cm³/mol. The number of hydrogen-bond donors (Lipinski definition) is 1. The van der Waals surface area contributed by atoms with Crippen LogP contribution < -0.4 is 10.7 Å². The Kier molecular flexibility index (Phi) is 4.65. The molecule has 1 atom stereocenters. The maximum Gasteiger partial charge on any atom is 0.282 e. The number of aryl methyl sites for hydroxylation is 1. The second-order valence-electron chi connectivity index (χ2n) is 7.03. The molecule has 5 rings (SSSR count). The summed E-state index contributed by atoms with van der Waals surface area (Å²) in [6.07, 6.45) is -0.639. The van der Waals surface area contributed by atoms with Gasteiger partial charge in [-0.2, -0.15) is 0 Å². The van der Waals surface area contributed by atoms with Gasteiger partial charge in [-0.3, -0.25) is 4.79 Å². The van der Waals surface area contributed by atoms with E-state index >= 15 is 0 Å². The number of rotatable bonds is 4. The second kappa shape index (κ2) is 7.06. The molecule has 0 radical (unpaired) electrons. The Morgan fingerprint density at radius 3 is 2.70 bits per heavy atom. The largest absolute Gasteiger partial charge is 0.550 e. The lowest BCUT2D eigenvalue weighted by molar-refractivity contribution is -0.305. The summed E-state index contributed by atoms with van der Waals surface area (Å²) in [5.74, 6) is -1.82.